The first-order valence-electron chi connectivity index (χ1n) is 5.67. The molecule has 4 bridgehead atoms. The molecule has 4 saturated carbocycles. The zero-order valence-electron chi connectivity index (χ0n) is 8.50. The van der Waals surface area contributed by atoms with Gasteiger partial charge in [-0.1, -0.05) is 0 Å². The van der Waals surface area contributed by atoms with Crippen molar-refractivity contribution >= 4 is 10.4 Å². The van der Waals surface area contributed by atoms with Crippen LogP contribution in [-0.2, 0) is 14.6 Å². The SMILES string of the molecule is O=S(=O)(O)OC1C2CC3CC(C2)CC1C3. The van der Waals surface area contributed by atoms with Crippen LogP contribution in [0.4, 0.5) is 0 Å². The molecule has 0 saturated heterocycles. The maximum atomic E-state index is 10.8. The van der Waals surface area contributed by atoms with E-state index < -0.39 is 10.4 Å². The lowest BCUT2D eigenvalue weighted by molar-refractivity contribution is -0.0799. The Morgan fingerprint density at radius 1 is 0.933 bits per heavy atom. The zero-order chi connectivity index (χ0) is 10.6. The second-order valence-corrected chi connectivity index (χ2v) is 6.47. The number of hydrogen-bond donors (Lipinski definition) is 1. The molecule has 0 aliphatic heterocycles. The van der Waals surface area contributed by atoms with Gasteiger partial charge in [0.05, 0.1) is 6.10 Å². The summed E-state index contributed by atoms with van der Waals surface area (Å²) in [6, 6.07) is 0. The maximum absolute atomic E-state index is 10.8. The summed E-state index contributed by atoms with van der Waals surface area (Å²) in [5.74, 6) is 2.30. The Morgan fingerprint density at radius 2 is 1.40 bits per heavy atom. The summed E-state index contributed by atoms with van der Waals surface area (Å²) >= 11 is 0. The largest absolute Gasteiger partial charge is 0.397 e. The molecule has 0 radical (unpaired) electrons. The first-order chi connectivity index (χ1) is 7.01. The Hall–Kier alpha value is -0.130. The van der Waals surface area contributed by atoms with E-state index in [-0.39, 0.29) is 6.10 Å². The van der Waals surface area contributed by atoms with Crippen LogP contribution in [0, 0.1) is 23.7 Å². The van der Waals surface area contributed by atoms with E-state index in [4.69, 9.17) is 8.74 Å². The van der Waals surface area contributed by atoms with Crippen molar-refractivity contribution in [2.24, 2.45) is 23.7 Å². The minimum atomic E-state index is -4.27. The molecule has 0 unspecified atom stereocenters. The van der Waals surface area contributed by atoms with Crippen molar-refractivity contribution in [3.63, 3.8) is 0 Å². The summed E-state index contributed by atoms with van der Waals surface area (Å²) in [6.45, 7) is 0. The standard InChI is InChI=1S/C10H16O4S/c11-15(12,13)14-10-8-2-6-1-7(4-8)5-9(10)3-6/h6-10H,1-5H2,(H,11,12,13). The zero-order valence-corrected chi connectivity index (χ0v) is 9.32. The molecule has 4 aliphatic rings. The van der Waals surface area contributed by atoms with Crippen molar-refractivity contribution in [2.75, 3.05) is 0 Å². The summed E-state index contributed by atoms with van der Waals surface area (Å²) in [5.41, 5.74) is 0. The van der Waals surface area contributed by atoms with Crippen LogP contribution in [0.25, 0.3) is 0 Å². The summed E-state index contributed by atoms with van der Waals surface area (Å²) in [6.07, 6.45) is 5.44. The van der Waals surface area contributed by atoms with E-state index in [1.807, 2.05) is 0 Å². The average molecular weight is 232 g/mol. The molecule has 0 aromatic heterocycles. The van der Waals surface area contributed by atoms with Crippen molar-refractivity contribution in [2.45, 2.75) is 38.2 Å². The van der Waals surface area contributed by atoms with Gasteiger partial charge in [0.1, 0.15) is 0 Å². The Balaban J connectivity index is 1.80. The van der Waals surface area contributed by atoms with E-state index in [1.54, 1.807) is 0 Å². The van der Waals surface area contributed by atoms with Crippen LogP contribution < -0.4 is 0 Å². The monoisotopic (exact) mass is 232 g/mol. The van der Waals surface area contributed by atoms with Crippen molar-refractivity contribution in [3.8, 4) is 0 Å². The highest BCUT2D eigenvalue weighted by molar-refractivity contribution is 7.80. The summed E-state index contributed by atoms with van der Waals surface area (Å²) in [7, 11) is -4.27. The Kier molecular flexibility index (Phi) is 2.13. The predicted molar refractivity (Wildman–Crippen MR) is 53.5 cm³/mol. The molecule has 4 nitrogen and oxygen atoms in total. The number of hydrogen-bond acceptors (Lipinski definition) is 3. The molecule has 4 aliphatic carbocycles. The van der Waals surface area contributed by atoms with Crippen LogP contribution in [0.3, 0.4) is 0 Å². The van der Waals surface area contributed by atoms with Gasteiger partial charge in [0.2, 0.25) is 0 Å². The van der Waals surface area contributed by atoms with Gasteiger partial charge in [-0.05, 0) is 55.8 Å². The molecule has 86 valence electrons. The van der Waals surface area contributed by atoms with Crippen molar-refractivity contribution in [1.82, 2.24) is 0 Å². The van der Waals surface area contributed by atoms with Crippen LogP contribution in [0.2, 0.25) is 0 Å². The predicted octanol–water partition coefficient (Wildman–Crippen LogP) is 1.63. The second-order valence-electron chi connectivity index (χ2n) is 5.42. The first-order valence-corrected chi connectivity index (χ1v) is 7.03. The number of rotatable bonds is 2. The lowest BCUT2D eigenvalue weighted by atomic mass is 9.55. The lowest BCUT2D eigenvalue weighted by Crippen LogP contribution is -2.49. The summed E-state index contributed by atoms with van der Waals surface area (Å²) in [4.78, 5) is 0. The molecule has 5 heteroatoms. The van der Waals surface area contributed by atoms with Gasteiger partial charge in [0, 0.05) is 0 Å². The average Bonchev–Trinajstić information content (AvgIpc) is 2.08. The smallest absolute Gasteiger partial charge is 0.264 e. The van der Waals surface area contributed by atoms with Crippen molar-refractivity contribution < 1.29 is 17.2 Å². The van der Waals surface area contributed by atoms with Gasteiger partial charge in [-0.2, -0.15) is 8.42 Å². The van der Waals surface area contributed by atoms with Gasteiger partial charge in [-0.15, -0.1) is 0 Å². The molecule has 0 aromatic carbocycles. The van der Waals surface area contributed by atoms with E-state index in [0.29, 0.717) is 11.8 Å². The first kappa shape index (κ1) is 10.1. The van der Waals surface area contributed by atoms with E-state index in [1.165, 1.54) is 6.42 Å². The van der Waals surface area contributed by atoms with Gasteiger partial charge < -0.3 is 0 Å². The lowest BCUT2D eigenvalue weighted by Gasteiger charge is -2.53. The fourth-order valence-corrected chi connectivity index (χ4v) is 4.77. The third-order valence-corrected chi connectivity index (χ3v) is 4.84. The molecule has 0 amide bonds. The Bertz CT molecular complexity index is 334. The van der Waals surface area contributed by atoms with Crippen molar-refractivity contribution in [3.05, 3.63) is 0 Å². The molecule has 0 aromatic rings. The van der Waals surface area contributed by atoms with E-state index >= 15 is 0 Å². The van der Waals surface area contributed by atoms with Gasteiger partial charge in [-0.25, -0.2) is 4.18 Å². The third kappa shape index (κ3) is 1.81. The van der Waals surface area contributed by atoms with Crippen LogP contribution in [0.15, 0.2) is 0 Å². The molecule has 0 spiro atoms. The minimum absolute atomic E-state index is 0.243. The molecular weight excluding hydrogens is 216 g/mol. The molecule has 15 heavy (non-hydrogen) atoms. The van der Waals surface area contributed by atoms with E-state index in [9.17, 15) is 8.42 Å². The van der Waals surface area contributed by atoms with E-state index in [2.05, 4.69) is 0 Å². The summed E-state index contributed by atoms with van der Waals surface area (Å²) < 4.78 is 35.1. The quantitative estimate of drug-likeness (QED) is 0.735. The minimum Gasteiger partial charge on any atom is -0.264 e. The maximum Gasteiger partial charge on any atom is 0.397 e. The van der Waals surface area contributed by atoms with Crippen LogP contribution in [0.5, 0.6) is 0 Å². The van der Waals surface area contributed by atoms with Gasteiger partial charge in [0.25, 0.3) is 0 Å². The highest BCUT2D eigenvalue weighted by Crippen LogP contribution is 2.54. The summed E-state index contributed by atoms with van der Waals surface area (Å²) in [5, 5.41) is 0. The fraction of sp³-hybridized carbons (Fsp3) is 1.00. The van der Waals surface area contributed by atoms with E-state index in [0.717, 1.165) is 37.5 Å². The highest BCUT2D eigenvalue weighted by Gasteiger charge is 2.50. The third-order valence-electron chi connectivity index (χ3n) is 4.37. The van der Waals surface area contributed by atoms with Crippen LogP contribution >= 0.6 is 0 Å². The van der Waals surface area contributed by atoms with Crippen molar-refractivity contribution in [1.29, 1.82) is 0 Å². The van der Waals surface area contributed by atoms with Gasteiger partial charge in [0.15, 0.2) is 0 Å². The molecule has 1 N–H and O–H groups in total. The normalized spacial score (nSPS) is 48.5. The molecule has 4 rings (SSSR count). The Morgan fingerprint density at radius 3 is 1.80 bits per heavy atom. The fourth-order valence-electron chi connectivity index (χ4n) is 4.17. The topological polar surface area (TPSA) is 63.6 Å². The Labute approximate surface area is 90.0 Å². The van der Waals surface area contributed by atoms with Crippen LogP contribution in [-0.4, -0.2) is 19.1 Å². The second kappa shape index (κ2) is 3.18. The van der Waals surface area contributed by atoms with Crippen LogP contribution in [0.1, 0.15) is 32.1 Å². The molecular formula is C10H16O4S. The molecule has 4 fully saturated rings. The molecule has 0 atom stereocenters. The van der Waals surface area contributed by atoms with Gasteiger partial charge >= 0.3 is 10.4 Å². The molecule has 0 heterocycles. The van der Waals surface area contributed by atoms with Gasteiger partial charge in [-0.3, -0.25) is 4.55 Å². The highest BCUT2D eigenvalue weighted by atomic mass is 32.3.